The number of benzene rings is 8. The first-order chi connectivity index (χ1) is 25.3. The molecule has 0 spiro atoms. The lowest BCUT2D eigenvalue weighted by Crippen LogP contribution is -2.10. The molecule has 8 aromatic carbocycles. The van der Waals surface area contributed by atoms with Crippen molar-refractivity contribution in [2.45, 2.75) is 0 Å². The molecule has 10 rings (SSSR count). The maximum Gasteiger partial charge on any atom is 0.137 e. The largest absolute Gasteiger partial charge is 0.456 e. The Kier molecular flexibility index (Phi) is 6.81. The van der Waals surface area contributed by atoms with Gasteiger partial charge in [0, 0.05) is 50.4 Å². The van der Waals surface area contributed by atoms with Gasteiger partial charge in [0.05, 0.1) is 11.0 Å². The van der Waals surface area contributed by atoms with Crippen LogP contribution in [0.25, 0.3) is 71.7 Å². The molecule has 0 N–H and O–H groups in total. The minimum absolute atomic E-state index is 0.897. The second-order valence-electron chi connectivity index (χ2n) is 13.0. The fourth-order valence-electron chi connectivity index (χ4n) is 7.53. The van der Waals surface area contributed by atoms with Crippen LogP contribution in [0, 0.1) is 0 Å². The first-order valence-electron chi connectivity index (χ1n) is 17.3. The fraction of sp³-hybridized carbons (Fsp3) is 0. The summed E-state index contributed by atoms with van der Waals surface area (Å²) in [6.45, 7) is 0. The average molecular weight is 653 g/mol. The van der Waals surface area contributed by atoms with Crippen molar-refractivity contribution in [3.8, 4) is 27.9 Å². The van der Waals surface area contributed by atoms with Crippen molar-refractivity contribution < 1.29 is 4.42 Å². The van der Waals surface area contributed by atoms with Crippen LogP contribution in [-0.2, 0) is 0 Å². The molecule has 2 aromatic heterocycles. The highest BCUT2D eigenvalue weighted by atomic mass is 16.3. The number of anilines is 3. The molecular weight excluding hydrogens is 621 g/mol. The van der Waals surface area contributed by atoms with E-state index < -0.39 is 0 Å². The van der Waals surface area contributed by atoms with Gasteiger partial charge in [0.1, 0.15) is 11.2 Å². The number of para-hydroxylation sites is 2. The third kappa shape index (κ3) is 4.98. The Morgan fingerprint density at radius 3 is 1.43 bits per heavy atom. The van der Waals surface area contributed by atoms with Crippen LogP contribution in [0.3, 0.4) is 0 Å². The number of hydrogen-bond donors (Lipinski definition) is 0. The van der Waals surface area contributed by atoms with Crippen LogP contribution in [0.5, 0.6) is 0 Å². The van der Waals surface area contributed by atoms with Gasteiger partial charge in [0.15, 0.2) is 0 Å². The molecule has 0 bridgehead atoms. The van der Waals surface area contributed by atoms with Gasteiger partial charge in [-0.1, -0.05) is 121 Å². The minimum atomic E-state index is 0.897. The molecule has 3 nitrogen and oxygen atoms in total. The predicted molar refractivity (Wildman–Crippen MR) is 214 cm³/mol. The number of furan rings is 1. The molecule has 0 fully saturated rings. The molecule has 51 heavy (non-hydrogen) atoms. The smallest absolute Gasteiger partial charge is 0.137 e. The fourth-order valence-corrected chi connectivity index (χ4v) is 7.53. The van der Waals surface area contributed by atoms with E-state index in [0.717, 1.165) is 50.2 Å². The number of hydrogen-bond acceptors (Lipinski definition) is 2. The summed E-state index contributed by atoms with van der Waals surface area (Å²) in [5.41, 5.74) is 13.3. The van der Waals surface area contributed by atoms with Crippen molar-refractivity contribution in [2.75, 3.05) is 4.90 Å². The zero-order valence-electron chi connectivity index (χ0n) is 27.8. The lowest BCUT2D eigenvalue weighted by Gasteiger charge is -2.26. The SMILES string of the molecule is c1ccc(-c2ccc(N(c3ccc(-c4ccccc4)cc3)c3ccc(-n4c5ccccc5c5cc6c(cc54)oc4ccccc46)cc3)cc2)cc1. The summed E-state index contributed by atoms with van der Waals surface area (Å²) >= 11 is 0. The highest BCUT2D eigenvalue weighted by Gasteiger charge is 2.18. The van der Waals surface area contributed by atoms with E-state index >= 15 is 0 Å². The van der Waals surface area contributed by atoms with Crippen LogP contribution in [0.4, 0.5) is 17.1 Å². The van der Waals surface area contributed by atoms with Crippen LogP contribution < -0.4 is 4.90 Å². The van der Waals surface area contributed by atoms with E-state index in [1.165, 1.54) is 38.5 Å². The van der Waals surface area contributed by atoms with E-state index in [1.807, 2.05) is 12.1 Å². The van der Waals surface area contributed by atoms with Gasteiger partial charge in [-0.2, -0.15) is 0 Å². The monoisotopic (exact) mass is 652 g/mol. The molecule has 0 aliphatic heterocycles. The maximum absolute atomic E-state index is 6.35. The molecule has 0 saturated carbocycles. The van der Waals surface area contributed by atoms with E-state index in [0.29, 0.717) is 0 Å². The molecule has 0 aliphatic carbocycles. The minimum Gasteiger partial charge on any atom is -0.456 e. The molecule has 0 atom stereocenters. The van der Waals surface area contributed by atoms with Crippen molar-refractivity contribution >= 4 is 60.8 Å². The van der Waals surface area contributed by atoms with Gasteiger partial charge >= 0.3 is 0 Å². The third-order valence-corrected chi connectivity index (χ3v) is 10.0. The zero-order chi connectivity index (χ0) is 33.7. The highest BCUT2D eigenvalue weighted by Crippen LogP contribution is 2.40. The van der Waals surface area contributed by atoms with Crippen molar-refractivity contribution in [1.82, 2.24) is 4.57 Å². The van der Waals surface area contributed by atoms with Gasteiger partial charge in [-0.3, -0.25) is 0 Å². The molecule has 0 aliphatic rings. The standard InChI is InChI=1S/C48H32N2O/c1-3-11-33(12-4-1)35-19-23-37(24-20-35)49(38-25-21-36(22-26-38)34-13-5-2-6-14-34)39-27-29-40(30-28-39)50-45-17-9-7-15-41(45)43-31-44-42-16-8-10-18-47(42)51-48(44)32-46(43)50/h1-32H. The Hall–Kier alpha value is -6.84. The maximum atomic E-state index is 6.35. The molecule has 0 unspecified atom stereocenters. The van der Waals surface area contributed by atoms with Gasteiger partial charge in [-0.05, 0) is 89.0 Å². The Labute approximate surface area is 295 Å². The topological polar surface area (TPSA) is 21.3 Å². The molecule has 3 heteroatoms. The molecule has 0 saturated heterocycles. The van der Waals surface area contributed by atoms with E-state index in [4.69, 9.17) is 4.42 Å². The molecule has 0 radical (unpaired) electrons. The molecule has 2 heterocycles. The van der Waals surface area contributed by atoms with Crippen molar-refractivity contribution in [2.24, 2.45) is 0 Å². The quantitative estimate of drug-likeness (QED) is 0.178. The van der Waals surface area contributed by atoms with Gasteiger partial charge in [-0.25, -0.2) is 0 Å². The van der Waals surface area contributed by atoms with Gasteiger partial charge in [0.25, 0.3) is 0 Å². The number of nitrogens with zero attached hydrogens (tertiary/aromatic N) is 2. The number of fused-ring (bicyclic) bond motifs is 6. The Bertz CT molecular complexity index is 2730. The van der Waals surface area contributed by atoms with Crippen LogP contribution >= 0.6 is 0 Å². The number of rotatable bonds is 6. The van der Waals surface area contributed by atoms with Crippen LogP contribution in [-0.4, -0.2) is 4.57 Å². The summed E-state index contributed by atoms with van der Waals surface area (Å²) in [5, 5.41) is 4.72. The second kappa shape index (κ2) is 11.9. The Balaban J connectivity index is 1.09. The van der Waals surface area contributed by atoms with Gasteiger partial charge < -0.3 is 13.9 Å². The van der Waals surface area contributed by atoms with Crippen molar-refractivity contribution in [3.63, 3.8) is 0 Å². The summed E-state index contributed by atoms with van der Waals surface area (Å²) in [4.78, 5) is 2.33. The summed E-state index contributed by atoms with van der Waals surface area (Å²) in [5.74, 6) is 0. The number of aromatic nitrogens is 1. The average Bonchev–Trinajstić information content (AvgIpc) is 3.73. The van der Waals surface area contributed by atoms with Crippen LogP contribution in [0.2, 0.25) is 0 Å². The van der Waals surface area contributed by atoms with Crippen LogP contribution in [0.15, 0.2) is 199 Å². The summed E-state index contributed by atoms with van der Waals surface area (Å²) in [6, 6.07) is 69.1. The predicted octanol–water partition coefficient (Wildman–Crippen LogP) is 13.5. The van der Waals surface area contributed by atoms with Crippen LogP contribution in [0.1, 0.15) is 0 Å². The molecule has 0 amide bonds. The molecule has 10 aromatic rings. The summed E-state index contributed by atoms with van der Waals surface area (Å²) < 4.78 is 8.70. The molecular formula is C48H32N2O. The van der Waals surface area contributed by atoms with E-state index in [1.54, 1.807) is 0 Å². The lowest BCUT2D eigenvalue weighted by atomic mass is 10.0. The molecule has 240 valence electrons. The summed E-state index contributed by atoms with van der Waals surface area (Å²) in [6.07, 6.45) is 0. The van der Waals surface area contributed by atoms with Crippen molar-refractivity contribution in [3.05, 3.63) is 194 Å². The van der Waals surface area contributed by atoms with E-state index in [9.17, 15) is 0 Å². The normalized spacial score (nSPS) is 11.5. The zero-order valence-corrected chi connectivity index (χ0v) is 27.8. The van der Waals surface area contributed by atoms with Gasteiger partial charge in [-0.15, -0.1) is 0 Å². The first kappa shape index (κ1) is 29.1. The Morgan fingerprint density at radius 2 is 0.824 bits per heavy atom. The lowest BCUT2D eigenvalue weighted by molar-refractivity contribution is 0.669. The van der Waals surface area contributed by atoms with E-state index in [2.05, 4.69) is 191 Å². The Morgan fingerprint density at radius 1 is 0.333 bits per heavy atom. The van der Waals surface area contributed by atoms with Crippen molar-refractivity contribution in [1.29, 1.82) is 0 Å². The van der Waals surface area contributed by atoms with E-state index in [-0.39, 0.29) is 0 Å². The summed E-state index contributed by atoms with van der Waals surface area (Å²) in [7, 11) is 0. The third-order valence-electron chi connectivity index (χ3n) is 10.0. The first-order valence-corrected chi connectivity index (χ1v) is 17.3. The van der Waals surface area contributed by atoms with Gasteiger partial charge in [0.2, 0.25) is 0 Å². The second-order valence-corrected chi connectivity index (χ2v) is 13.0. The highest BCUT2D eigenvalue weighted by molar-refractivity contribution is 6.17.